The predicted molar refractivity (Wildman–Crippen MR) is 151 cm³/mol. The van der Waals surface area contributed by atoms with Gasteiger partial charge in [0.15, 0.2) is 0 Å². The summed E-state index contributed by atoms with van der Waals surface area (Å²) in [6.07, 6.45) is 0.521. The van der Waals surface area contributed by atoms with E-state index in [-0.39, 0.29) is 37.6 Å². The smallest absolute Gasteiger partial charge is 0.325 e. The summed E-state index contributed by atoms with van der Waals surface area (Å²) in [5.74, 6) is 0.935. The van der Waals surface area contributed by atoms with Crippen LogP contribution in [-0.4, -0.2) is 108 Å². The summed E-state index contributed by atoms with van der Waals surface area (Å²) in [7, 11) is 1.48. The van der Waals surface area contributed by atoms with Gasteiger partial charge in [-0.25, -0.2) is 4.79 Å². The van der Waals surface area contributed by atoms with Crippen molar-refractivity contribution in [2.45, 2.75) is 38.0 Å². The molecule has 4 rings (SSSR count). The summed E-state index contributed by atoms with van der Waals surface area (Å²) in [6.45, 7) is 6.12. The third kappa shape index (κ3) is 8.18. The largest absolute Gasteiger partial charge is 0.494 e. The van der Waals surface area contributed by atoms with Gasteiger partial charge >= 0.3 is 6.03 Å². The van der Waals surface area contributed by atoms with Crippen LogP contribution in [-0.2, 0) is 20.9 Å². The Hall–Kier alpha value is -3.67. The fourth-order valence-electron chi connectivity index (χ4n) is 5.01. The Labute approximate surface area is 240 Å². The molecule has 2 aliphatic heterocycles. The van der Waals surface area contributed by atoms with E-state index in [0.29, 0.717) is 57.3 Å². The highest BCUT2D eigenvalue weighted by Gasteiger charge is 2.43. The van der Waals surface area contributed by atoms with Crippen molar-refractivity contribution in [2.24, 2.45) is 0 Å². The Morgan fingerprint density at radius 3 is 2.34 bits per heavy atom. The topological polar surface area (TPSA) is 121 Å². The van der Waals surface area contributed by atoms with Crippen LogP contribution in [0.3, 0.4) is 0 Å². The summed E-state index contributed by atoms with van der Waals surface area (Å²) in [5.41, 5.74) is -1.12. The number of benzene rings is 2. The van der Waals surface area contributed by atoms with Gasteiger partial charge in [-0.1, -0.05) is 30.3 Å². The molecule has 4 amide bonds. The molecule has 222 valence electrons. The van der Waals surface area contributed by atoms with Gasteiger partial charge in [-0.15, -0.1) is 0 Å². The monoisotopic (exact) mass is 568 g/mol. The van der Waals surface area contributed by atoms with Crippen molar-refractivity contribution >= 4 is 17.8 Å². The number of carbonyl (C=O) groups is 3. The molecule has 41 heavy (non-hydrogen) atoms. The number of aliphatic hydroxyl groups is 1. The Kier molecular flexibility index (Phi) is 9.85. The molecule has 2 aliphatic rings. The molecule has 0 saturated carbocycles. The van der Waals surface area contributed by atoms with Gasteiger partial charge in [0.1, 0.15) is 35.9 Å². The fourth-order valence-corrected chi connectivity index (χ4v) is 5.01. The lowest BCUT2D eigenvalue weighted by Gasteiger charge is -2.33. The first-order chi connectivity index (χ1) is 19.6. The summed E-state index contributed by atoms with van der Waals surface area (Å²) >= 11 is 0. The van der Waals surface area contributed by atoms with Gasteiger partial charge in [0, 0.05) is 39.8 Å². The molecule has 11 heteroatoms. The zero-order valence-electron chi connectivity index (χ0n) is 24.0. The van der Waals surface area contributed by atoms with Crippen molar-refractivity contribution in [2.75, 3.05) is 59.7 Å². The lowest BCUT2D eigenvalue weighted by atomic mass is 10.0. The number of ether oxygens (including phenoxy) is 3. The molecule has 0 spiro atoms. The standard InChI is InChI=1S/C30H40N4O7/c1-29(2)27(36)34(28(37)31-29)14-7-17-40-25-12-10-23(11-13-25)18-32-15-16-33(26(35)19-39-3)21-30(38,20-32)22-41-24-8-5-4-6-9-24/h4-6,8-13,38H,7,14-22H2,1-3H3,(H,31,37). The van der Waals surface area contributed by atoms with Crippen molar-refractivity contribution in [3.05, 3.63) is 60.2 Å². The lowest BCUT2D eigenvalue weighted by molar-refractivity contribution is -0.138. The van der Waals surface area contributed by atoms with Gasteiger partial charge in [0.05, 0.1) is 13.2 Å². The van der Waals surface area contributed by atoms with Gasteiger partial charge in [-0.3, -0.25) is 19.4 Å². The minimum Gasteiger partial charge on any atom is -0.494 e. The van der Waals surface area contributed by atoms with E-state index >= 15 is 0 Å². The predicted octanol–water partition coefficient (Wildman–Crippen LogP) is 1.89. The zero-order valence-corrected chi connectivity index (χ0v) is 24.0. The average molecular weight is 569 g/mol. The van der Waals surface area contributed by atoms with Crippen molar-refractivity contribution in [3.63, 3.8) is 0 Å². The van der Waals surface area contributed by atoms with Gasteiger partial charge in [0.2, 0.25) is 5.91 Å². The van der Waals surface area contributed by atoms with Crippen molar-refractivity contribution in [3.8, 4) is 11.5 Å². The summed E-state index contributed by atoms with van der Waals surface area (Å²) in [6, 6.07) is 16.6. The number of methoxy groups -OCH3 is 1. The first-order valence-corrected chi connectivity index (χ1v) is 13.8. The third-order valence-electron chi connectivity index (χ3n) is 7.13. The molecular formula is C30H40N4O7. The molecule has 1 unspecified atom stereocenters. The van der Waals surface area contributed by atoms with Gasteiger partial charge in [-0.05, 0) is 50.1 Å². The second-order valence-corrected chi connectivity index (χ2v) is 11.1. The van der Waals surface area contributed by atoms with Crippen LogP contribution < -0.4 is 14.8 Å². The zero-order chi connectivity index (χ0) is 29.5. The number of para-hydroxylation sites is 1. The van der Waals surface area contributed by atoms with E-state index in [1.165, 1.54) is 12.0 Å². The molecule has 0 aliphatic carbocycles. The van der Waals surface area contributed by atoms with E-state index in [1.54, 1.807) is 18.7 Å². The lowest BCUT2D eigenvalue weighted by Crippen LogP contribution is -2.52. The van der Waals surface area contributed by atoms with Crippen LogP contribution in [0.4, 0.5) is 4.79 Å². The van der Waals surface area contributed by atoms with E-state index in [0.717, 1.165) is 5.56 Å². The van der Waals surface area contributed by atoms with Crippen LogP contribution in [0.1, 0.15) is 25.8 Å². The van der Waals surface area contributed by atoms with Crippen molar-refractivity contribution < 1.29 is 33.7 Å². The van der Waals surface area contributed by atoms with Gasteiger partial charge < -0.3 is 29.5 Å². The number of β-amino-alcohol motifs (C(OH)–C–C–N with tert-alkyl or cyclic N) is 1. The minimum absolute atomic E-state index is 0.0409. The number of nitrogens with zero attached hydrogens (tertiary/aromatic N) is 3. The first kappa shape index (κ1) is 30.3. The van der Waals surface area contributed by atoms with Crippen LogP contribution in [0.25, 0.3) is 0 Å². The molecule has 2 heterocycles. The first-order valence-electron chi connectivity index (χ1n) is 13.8. The quantitative estimate of drug-likeness (QED) is 0.294. The molecule has 2 saturated heterocycles. The molecule has 2 aromatic carbocycles. The highest BCUT2D eigenvalue weighted by molar-refractivity contribution is 6.06. The maximum Gasteiger partial charge on any atom is 0.325 e. The SMILES string of the molecule is COCC(=O)N1CCN(Cc2ccc(OCCCN3C(=O)NC(C)(C)C3=O)cc2)CC(O)(COc2ccccc2)C1. The number of hydrogen-bond acceptors (Lipinski definition) is 8. The van der Waals surface area contributed by atoms with E-state index in [1.807, 2.05) is 54.6 Å². The number of rotatable bonds is 12. The number of imide groups is 1. The fraction of sp³-hybridized carbons (Fsp3) is 0.500. The highest BCUT2D eigenvalue weighted by atomic mass is 16.5. The molecule has 11 nitrogen and oxygen atoms in total. The Bertz CT molecular complexity index is 1190. The number of nitrogens with one attached hydrogen (secondary N) is 1. The van der Waals surface area contributed by atoms with Crippen LogP contribution in [0.5, 0.6) is 11.5 Å². The maximum atomic E-state index is 12.6. The maximum absolute atomic E-state index is 12.6. The highest BCUT2D eigenvalue weighted by Crippen LogP contribution is 2.21. The van der Waals surface area contributed by atoms with Crippen molar-refractivity contribution in [1.29, 1.82) is 0 Å². The average Bonchev–Trinajstić information content (AvgIpc) is 3.05. The molecule has 0 aromatic heterocycles. The van der Waals surface area contributed by atoms with E-state index in [4.69, 9.17) is 14.2 Å². The number of urea groups is 1. The second-order valence-electron chi connectivity index (χ2n) is 11.1. The normalized spacial score (nSPS) is 21.0. The van der Waals surface area contributed by atoms with Crippen LogP contribution >= 0.6 is 0 Å². The molecule has 0 radical (unpaired) electrons. The van der Waals surface area contributed by atoms with E-state index < -0.39 is 11.1 Å². The van der Waals surface area contributed by atoms with Crippen LogP contribution in [0, 0.1) is 0 Å². The minimum atomic E-state index is -1.28. The molecular weight excluding hydrogens is 528 g/mol. The second kappa shape index (κ2) is 13.3. The molecule has 0 bridgehead atoms. The van der Waals surface area contributed by atoms with E-state index in [9.17, 15) is 19.5 Å². The molecule has 2 aromatic rings. The Morgan fingerprint density at radius 1 is 0.976 bits per heavy atom. The summed E-state index contributed by atoms with van der Waals surface area (Å²) in [5, 5.41) is 14.3. The third-order valence-corrected chi connectivity index (χ3v) is 7.13. The molecule has 1 atom stereocenters. The molecule has 2 fully saturated rings. The van der Waals surface area contributed by atoms with Gasteiger partial charge in [0.25, 0.3) is 5.91 Å². The van der Waals surface area contributed by atoms with Gasteiger partial charge in [-0.2, -0.15) is 0 Å². The number of hydrogen-bond donors (Lipinski definition) is 2. The number of carbonyl (C=O) groups excluding carboxylic acids is 3. The van der Waals surface area contributed by atoms with Crippen LogP contribution in [0.2, 0.25) is 0 Å². The summed E-state index contributed by atoms with van der Waals surface area (Å²) < 4.78 is 16.8. The Balaban J connectivity index is 1.31. The van der Waals surface area contributed by atoms with Crippen molar-refractivity contribution in [1.82, 2.24) is 20.0 Å². The van der Waals surface area contributed by atoms with Crippen LogP contribution in [0.15, 0.2) is 54.6 Å². The number of amides is 4. The van der Waals surface area contributed by atoms with E-state index in [2.05, 4.69) is 10.2 Å². The Morgan fingerprint density at radius 2 is 1.68 bits per heavy atom. The molecule has 2 N–H and O–H groups in total. The summed E-state index contributed by atoms with van der Waals surface area (Å²) in [4.78, 5) is 41.9.